The van der Waals surface area contributed by atoms with Crippen molar-refractivity contribution in [1.82, 2.24) is 10.2 Å². The third-order valence-electron chi connectivity index (χ3n) is 8.22. The first-order chi connectivity index (χ1) is 16.9. The fourth-order valence-electron chi connectivity index (χ4n) is 6.59. The number of likely N-dealkylation sites (N-methyl/N-ethyl adjacent to an activating group) is 1. The van der Waals surface area contributed by atoms with E-state index in [0.717, 1.165) is 6.42 Å². The fraction of sp³-hybridized carbons (Fsp3) is 0.556. The highest BCUT2D eigenvalue weighted by Gasteiger charge is 2.68. The van der Waals surface area contributed by atoms with Crippen LogP contribution in [0.1, 0.15) is 50.7 Å². The van der Waals surface area contributed by atoms with Gasteiger partial charge in [-0.05, 0) is 51.5 Å². The first-order valence-corrected chi connectivity index (χ1v) is 12.4. The highest BCUT2D eigenvalue weighted by atomic mass is 16.3. The fourth-order valence-corrected chi connectivity index (χ4v) is 6.59. The van der Waals surface area contributed by atoms with Crippen molar-refractivity contribution in [3.63, 3.8) is 0 Å². The Morgan fingerprint density at radius 3 is 2.44 bits per heavy atom. The van der Waals surface area contributed by atoms with Gasteiger partial charge < -0.3 is 30.8 Å². The summed E-state index contributed by atoms with van der Waals surface area (Å²) in [4.78, 5) is 28.6. The van der Waals surface area contributed by atoms with Crippen molar-refractivity contribution in [3.8, 4) is 5.75 Å². The lowest BCUT2D eigenvalue weighted by Gasteiger charge is -2.57. The second-order valence-corrected chi connectivity index (χ2v) is 10.5. The van der Waals surface area contributed by atoms with Crippen LogP contribution in [0.4, 0.5) is 0 Å². The SMILES string of the molecule is CCCCN[C@@H]1C(C(C)=O)=C(O)[C@@H](N(C)C)[C@@H]2[C@@H](O)[C@H]3C(=C(O)c4c(O)cccc4[C@@H]3C)C(=O)[C@@]21O. The molecule has 6 N–H and O–H groups in total. The van der Waals surface area contributed by atoms with E-state index in [-0.39, 0.29) is 28.2 Å². The largest absolute Gasteiger partial charge is 0.510 e. The number of carbonyl (C=O) groups excluding carboxylic acids is 2. The van der Waals surface area contributed by atoms with Crippen molar-refractivity contribution in [2.75, 3.05) is 20.6 Å². The van der Waals surface area contributed by atoms with Crippen LogP contribution in [-0.4, -0.2) is 86.4 Å². The molecule has 9 nitrogen and oxygen atoms in total. The standard InChI is InChI=1S/C27H36N2O7/c1-6-7-11-28-25-17(13(3)30)24(34)21(29(4)5)20-23(33)16-12(2)14-9-8-10-15(31)18(14)22(32)19(16)26(35)27(20,25)36/h8-10,12,16,20-21,23,25,28,31-34,36H,6-7,11H2,1-5H3/t12-,16+,20+,21-,23-,25+,27+/m0/s1. The molecule has 0 spiro atoms. The summed E-state index contributed by atoms with van der Waals surface area (Å²) < 4.78 is 0. The maximum Gasteiger partial charge on any atom is 0.196 e. The molecule has 3 aliphatic carbocycles. The topological polar surface area (TPSA) is 151 Å². The van der Waals surface area contributed by atoms with E-state index in [2.05, 4.69) is 5.32 Å². The lowest BCUT2D eigenvalue weighted by molar-refractivity contribution is -0.173. The quantitative estimate of drug-likeness (QED) is 0.321. The van der Waals surface area contributed by atoms with Gasteiger partial charge in [0.1, 0.15) is 17.3 Å². The van der Waals surface area contributed by atoms with E-state index >= 15 is 0 Å². The molecule has 0 heterocycles. The molecule has 0 saturated heterocycles. The van der Waals surface area contributed by atoms with Gasteiger partial charge >= 0.3 is 0 Å². The van der Waals surface area contributed by atoms with Crippen LogP contribution in [0, 0.1) is 11.8 Å². The molecule has 0 aromatic heterocycles. The number of nitrogens with zero attached hydrogens (tertiary/aromatic N) is 1. The van der Waals surface area contributed by atoms with Crippen LogP contribution in [0.2, 0.25) is 0 Å². The highest BCUT2D eigenvalue weighted by Crippen LogP contribution is 2.56. The number of hydrogen-bond acceptors (Lipinski definition) is 9. The van der Waals surface area contributed by atoms with E-state index in [9.17, 15) is 35.1 Å². The number of Topliss-reactive ketones (excluding diaryl/α,β-unsaturated/α-hetero) is 2. The molecule has 4 rings (SSSR count). The first-order valence-electron chi connectivity index (χ1n) is 12.4. The molecule has 36 heavy (non-hydrogen) atoms. The number of aliphatic hydroxyl groups excluding tert-OH is 3. The summed E-state index contributed by atoms with van der Waals surface area (Å²) in [5.74, 6) is -4.92. The zero-order chi connectivity index (χ0) is 26.7. The summed E-state index contributed by atoms with van der Waals surface area (Å²) in [7, 11) is 3.28. The molecule has 3 aliphatic rings. The summed E-state index contributed by atoms with van der Waals surface area (Å²) in [5, 5.41) is 60.3. The van der Waals surface area contributed by atoms with Gasteiger partial charge in [0.15, 0.2) is 17.2 Å². The van der Waals surface area contributed by atoms with Gasteiger partial charge in [0.2, 0.25) is 0 Å². The van der Waals surface area contributed by atoms with Gasteiger partial charge in [0, 0.05) is 17.4 Å². The first kappa shape index (κ1) is 26.3. The molecule has 1 saturated carbocycles. The number of fused-ring (bicyclic) bond motifs is 3. The summed E-state index contributed by atoms with van der Waals surface area (Å²) in [6.45, 7) is 5.37. The summed E-state index contributed by atoms with van der Waals surface area (Å²) in [6.07, 6.45) is 0.130. The second kappa shape index (κ2) is 9.30. The van der Waals surface area contributed by atoms with Crippen LogP contribution in [0.3, 0.4) is 0 Å². The number of phenols is 1. The number of phenolic OH excluding ortho intramolecular Hbond substituents is 1. The zero-order valence-corrected chi connectivity index (χ0v) is 21.3. The van der Waals surface area contributed by atoms with Crippen LogP contribution >= 0.6 is 0 Å². The number of aliphatic hydroxyl groups is 4. The average molecular weight is 501 g/mol. The van der Waals surface area contributed by atoms with Gasteiger partial charge in [0.05, 0.1) is 29.3 Å². The van der Waals surface area contributed by atoms with E-state index in [1.807, 2.05) is 6.92 Å². The monoisotopic (exact) mass is 500 g/mol. The van der Waals surface area contributed by atoms with Gasteiger partial charge in [-0.1, -0.05) is 32.4 Å². The Morgan fingerprint density at radius 1 is 1.19 bits per heavy atom. The number of hydrogen-bond donors (Lipinski definition) is 6. The van der Waals surface area contributed by atoms with Crippen molar-refractivity contribution in [1.29, 1.82) is 0 Å². The molecule has 196 valence electrons. The minimum atomic E-state index is -2.35. The number of rotatable bonds is 6. The Bertz CT molecular complexity index is 1160. The molecule has 0 amide bonds. The summed E-state index contributed by atoms with van der Waals surface area (Å²) >= 11 is 0. The third-order valence-corrected chi connectivity index (χ3v) is 8.22. The molecule has 7 atom stereocenters. The van der Waals surface area contributed by atoms with Gasteiger partial charge in [0.25, 0.3) is 0 Å². The van der Waals surface area contributed by atoms with Crippen LogP contribution < -0.4 is 5.32 Å². The van der Waals surface area contributed by atoms with Gasteiger partial charge in [-0.25, -0.2) is 0 Å². The molecule has 9 heteroatoms. The average Bonchev–Trinajstić information content (AvgIpc) is 2.80. The van der Waals surface area contributed by atoms with Crippen LogP contribution in [-0.2, 0) is 9.59 Å². The van der Waals surface area contributed by atoms with E-state index in [0.29, 0.717) is 18.5 Å². The lowest BCUT2D eigenvalue weighted by Crippen LogP contribution is -2.75. The molecule has 1 aromatic rings. The van der Waals surface area contributed by atoms with Gasteiger partial charge in [-0.3, -0.25) is 14.5 Å². The normalized spacial score (nSPS) is 33.9. The van der Waals surface area contributed by atoms with Crippen LogP contribution in [0.25, 0.3) is 5.76 Å². The molecule has 0 bridgehead atoms. The number of carbonyl (C=O) groups is 2. The van der Waals surface area contributed by atoms with Gasteiger partial charge in [-0.15, -0.1) is 0 Å². The molecule has 0 unspecified atom stereocenters. The molecule has 0 radical (unpaired) electrons. The Kier molecular flexibility index (Phi) is 6.81. The second-order valence-electron chi connectivity index (χ2n) is 10.5. The van der Waals surface area contributed by atoms with E-state index in [4.69, 9.17) is 0 Å². The Labute approximate surface area is 210 Å². The van der Waals surface area contributed by atoms with Crippen LogP contribution in [0.5, 0.6) is 5.75 Å². The molecule has 1 aromatic carbocycles. The zero-order valence-electron chi connectivity index (χ0n) is 21.3. The van der Waals surface area contributed by atoms with E-state index < -0.39 is 58.9 Å². The maximum absolute atomic E-state index is 14.3. The van der Waals surface area contributed by atoms with Crippen molar-refractivity contribution < 1.29 is 35.1 Å². The number of unbranched alkanes of at least 4 members (excludes halogenated alkanes) is 1. The summed E-state index contributed by atoms with van der Waals surface area (Å²) in [6, 6.07) is 2.41. The lowest BCUT2D eigenvalue weighted by atomic mass is 9.52. The minimum Gasteiger partial charge on any atom is -0.510 e. The van der Waals surface area contributed by atoms with E-state index in [1.165, 1.54) is 13.0 Å². The van der Waals surface area contributed by atoms with Crippen LogP contribution in [0.15, 0.2) is 35.1 Å². The molecular formula is C27H36N2O7. The molecular weight excluding hydrogens is 464 g/mol. The van der Waals surface area contributed by atoms with Crippen molar-refractivity contribution in [2.24, 2.45) is 11.8 Å². The van der Waals surface area contributed by atoms with Crippen molar-refractivity contribution in [2.45, 2.75) is 63.3 Å². The Morgan fingerprint density at radius 2 is 1.86 bits per heavy atom. The van der Waals surface area contributed by atoms with Crippen molar-refractivity contribution in [3.05, 3.63) is 46.2 Å². The Hall–Kier alpha value is -2.72. The third kappa shape index (κ3) is 3.52. The van der Waals surface area contributed by atoms with Crippen molar-refractivity contribution >= 4 is 17.3 Å². The Balaban J connectivity index is 2.02. The molecule has 0 aliphatic heterocycles. The predicted molar refractivity (Wildman–Crippen MR) is 134 cm³/mol. The summed E-state index contributed by atoms with van der Waals surface area (Å²) in [5.41, 5.74) is -1.98. The number of nitrogens with one attached hydrogen (secondary N) is 1. The number of ketones is 2. The van der Waals surface area contributed by atoms with Gasteiger partial charge in [-0.2, -0.15) is 0 Å². The highest BCUT2D eigenvalue weighted by molar-refractivity contribution is 6.12. The number of benzene rings is 1. The smallest absolute Gasteiger partial charge is 0.196 e. The minimum absolute atomic E-state index is 0.0968. The molecule has 1 fully saturated rings. The van der Waals surface area contributed by atoms with E-state index in [1.54, 1.807) is 38.1 Å². The number of aromatic hydroxyl groups is 1. The predicted octanol–water partition coefficient (Wildman–Crippen LogP) is 1.79. The maximum atomic E-state index is 14.3.